The zero-order chi connectivity index (χ0) is 27.5. The van der Waals surface area contributed by atoms with Crippen LogP contribution in [-0.4, -0.2) is 21.9 Å². The van der Waals surface area contributed by atoms with Crippen molar-refractivity contribution in [2.45, 2.75) is 49.1 Å². The van der Waals surface area contributed by atoms with E-state index in [4.69, 9.17) is 5.73 Å². The maximum Gasteiger partial charge on any atom is 0.245 e. The van der Waals surface area contributed by atoms with Gasteiger partial charge < -0.3 is 11.1 Å². The van der Waals surface area contributed by atoms with Crippen LogP contribution in [0.3, 0.4) is 0 Å². The third-order valence-corrected chi connectivity index (χ3v) is 9.55. The molecule has 0 saturated carbocycles. The monoisotopic (exact) mass is 554 g/mol. The van der Waals surface area contributed by atoms with Gasteiger partial charge in [-0.15, -0.1) is 10.2 Å². The topological polar surface area (TPSA) is 125 Å². The first-order valence-electron chi connectivity index (χ1n) is 12.6. The van der Waals surface area contributed by atoms with Gasteiger partial charge in [-0.2, -0.15) is 5.26 Å². The Hall–Kier alpha value is -3.94. The number of fused-ring (bicyclic) bond motifs is 3. The van der Waals surface area contributed by atoms with E-state index in [-0.39, 0.29) is 29.0 Å². The number of carbonyl (C=O) groups excluding carboxylic acids is 2. The van der Waals surface area contributed by atoms with Crippen molar-refractivity contribution in [3.8, 4) is 6.07 Å². The quantitative estimate of drug-likeness (QED) is 0.423. The molecular weight excluding hydrogens is 528 g/mol. The van der Waals surface area contributed by atoms with Crippen LogP contribution >= 0.6 is 23.1 Å². The number of aryl methyl sites for hydroxylation is 1. The van der Waals surface area contributed by atoms with Gasteiger partial charge in [-0.3, -0.25) is 14.5 Å². The number of nitrogens with one attached hydrogen (secondary N) is 1. The second-order valence-corrected chi connectivity index (χ2v) is 13.0. The molecule has 1 amide bonds. The number of Topliss-reactive ketones (excluding diaryl/α,β-unsaturated/α-hetero) is 1. The first kappa shape index (κ1) is 25.3. The van der Waals surface area contributed by atoms with Crippen molar-refractivity contribution < 1.29 is 9.59 Å². The molecule has 1 spiro atoms. The van der Waals surface area contributed by atoms with Crippen LogP contribution in [0.15, 0.2) is 75.5 Å². The Balaban J connectivity index is 1.52. The molecule has 39 heavy (non-hydrogen) atoms. The van der Waals surface area contributed by atoms with Gasteiger partial charge in [0.05, 0.1) is 5.57 Å². The van der Waals surface area contributed by atoms with Crippen LogP contribution in [0.1, 0.15) is 43.4 Å². The maximum absolute atomic E-state index is 14.0. The first-order chi connectivity index (χ1) is 18.7. The van der Waals surface area contributed by atoms with Gasteiger partial charge >= 0.3 is 0 Å². The molecule has 3 aromatic rings. The summed E-state index contributed by atoms with van der Waals surface area (Å²) in [5, 5.41) is 22.7. The van der Waals surface area contributed by atoms with E-state index in [2.05, 4.69) is 33.7 Å². The van der Waals surface area contributed by atoms with Gasteiger partial charge in [-0.25, -0.2) is 0 Å². The molecule has 196 valence electrons. The number of anilines is 2. The number of allylic oxidation sites excluding steroid dienone is 1. The Bertz CT molecular complexity index is 1650. The maximum atomic E-state index is 14.0. The van der Waals surface area contributed by atoms with Gasteiger partial charge in [0.15, 0.2) is 10.1 Å². The van der Waals surface area contributed by atoms with E-state index < -0.39 is 11.3 Å². The van der Waals surface area contributed by atoms with Gasteiger partial charge in [0, 0.05) is 34.7 Å². The molecule has 1 aliphatic carbocycles. The molecule has 3 heterocycles. The molecule has 0 fully saturated rings. The Kier molecular flexibility index (Phi) is 5.90. The molecule has 6 rings (SSSR count). The number of nitrogens with zero attached hydrogens (tertiary/aromatic N) is 4. The summed E-state index contributed by atoms with van der Waals surface area (Å²) in [6.45, 7) is 5.96. The van der Waals surface area contributed by atoms with Gasteiger partial charge in [-0.1, -0.05) is 85.0 Å². The minimum absolute atomic E-state index is 0.0323. The third kappa shape index (κ3) is 3.87. The SMILES string of the molecule is Cc1ccc2c(c1)[C@@]1(C(=O)N2)C(C#N)=C(N)N(c2nnc(SCc3ccccc3)s2)C2=C1C(=O)CC(C)(C)C2. The molecule has 3 N–H and O–H groups in total. The number of amides is 1. The molecule has 8 nitrogen and oxygen atoms in total. The summed E-state index contributed by atoms with van der Waals surface area (Å²) in [5.41, 5.74) is 9.00. The predicted octanol–water partition coefficient (Wildman–Crippen LogP) is 5.19. The molecule has 1 aromatic heterocycles. The number of rotatable bonds is 4. The largest absolute Gasteiger partial charge is 0.384 e. The van der Waals surface area contributed by atoms with Crippen molar-refractivity contribution in [3.63, 3.8) is 0 Å². The zero-order valence-electron chi connectivity index (χ0n) is 21.7. The van der Waals surface area contributed by atoms with E-state index in [0.717, 1.165) is 21.2 Å². The molecule has 1 atom stereocenters. The standard InChI is InChI=1S/C29H26N6O2S2/c1-16-9-10-20-18(11-16)29(25(37)32-20)19(14-30)24(31)35(21-12-28(2,3)13-22(36)23(21)29)26-33-34-27(39-26)38-15-17-7-5-4-6-8-17/h4-11H,12-13,15,31H2,1-3H3,(H,32,37)/t29-/m1/s1. The fourth-order valence-electron chi connectivity index (χ4n) is 5.82. The number of carbonyl (C=O) groups is 2. The molecule has 3 aliphatic rings. The highest BCUT2D eigenvalue weighted by atomic mass is 32.2. The minimum atomic E-state index is -1.60. The Morgan fingerprint density at radius 3 is 2.67 bits per heavy atom. The van der Waals surface area contributed by atoms with Gasteiger partial charge in [-0.05, 0) is 30.4 Å². The van der Waals surface area contributed by atoms with Crippen LogP contribution in [0.25, 0.3) is 0 Å². The summed E-state index contributed by atoms with van der Waals surface area (Å²) in [7, 11) is 0. The number of nitriles is 1. The summed E-state index contributed by atoms with van der Waals surface area (Å²) in [5.74, 6) is 0.226. The highest BCUT2D eigenvalue weighted by Gasteiger charge is 2.61. The summed E-state index contributed by atoms with van der Waals surface area (Å²) in [4.78, 5) is 29.5. The molecule has 0 radical (unpaired) electrons. The van der Waals surface area contributed by atoms with Crippen molar-refractivity contribution in [3.05, 3.63) is 87.9 Å². The number of thioether (sulfide) groups is 1. The van der Waals surface area contributed by atoms with Crippen LogP contribution in [-0.2, 0) is 20.8 Å². The smallest absolute Gasteiger partial charge is 0.245 e. The van der Waals surface area contributed by atoms with Crippen LogP contribution < -0.4 is 16.0 Å². The van der Waals surface area contributed by atoms with Crippen LogP contribution in [0.5, 0.6) is 0 Å². The molecule has 2 aromatic carbocycles. The van der Waals surface area contributed by atoms with E-state index in [1.165, 1.54) is 11.3 Å². The van der Waals surface area contributed by atoms with Gasteiger partial charge in [0.1, 0.15) is 17.3 Å². The van der Waals surface area contributed by atoms with E-state index >= 15 is 0 Å². The number of aromatic nitrogens is 2. The molecule has 0 saturated heterocycles. The number of benzene rings is 2. The fourth-order valence-corrected chi connectivity index (χ4v) is 7.66. The highest BCUT2D eigenvalue weighted by molar-refractivity contribution is 8.00. The van der Waals surface area contributed by atoms with Crippen molar-refractivity contribution in [2.24, 2.45) is 11.1 Å². The second-order valence-electron chi connectivity index (χ2n) is 10.8. The molecule has 10 heteroatoms. The van der Waals surface area contributed by atoms with Crippen LogP contribution in [0.4, 0.5) is 10.8 Å². The molecule has 0 bridgehead atoms. The van der Waals surface area contributed by atoms with E-state index in [9.17, 15) is 14.9 Å². The number of nitrogens with two attached hydrogens (primary N) is 1. The first-order valence-corrected chi connectivity index (χ1v) is 14.4. The lowest BCUT2D eigenvalue weighted by Gasteiger charge is -2.45. The Morgan fingerprint density at radius 2 is 1.92 bits per heavy atom. The van der Waals surface area contributed by atoms with Gasteiger partial charge in [0.2, 0.25) is 11.0 Å². The lowest BCUT2D eigenvalue weighted by molar-refractivity contribution is -0.123. The minimum Gasteiger partial charge on any atom is -0.384 e. The number of ketones is 1. The van der Waals surface area contributed by atoms with Gasteiger partial charge in [0.25, 0.3) is 0 Å². The number of hydrogen-bond donors (Lipinski definition) is 2. The summed E-state index contributed by atoms with van der Waals surface area (Å²) >= 11 is 2.91. The average Bonchev–Trinajstić information content (AvgIpc) is 3.46. The highest BCUT2D eigenvalue weighted by Crippen LogP contribution is 2.57. The fraction of sp³-hybridized carbons (Fsp3) is 0.276. The third-order valence-electron chi connectivity index (χ3n) is 7.44. The van der Waals surface area contributed by atoms with E-state index in [1.54, 1.807) is 16.7 Å². The van der Waals surface area contributed by atoms with Crippen LogP contribution in [0, 0.1) is 23.7 Å². The second kappa shape index (κ2) is 9.07. The summed E-state index contributed by atoms with van der Waals surface area (Å²) in [6.07, 6.45) is 0.735. The summed E-state index contributed by atoms with van der Waals surface area (Å²) in [6, 6.07) is 17.9. The predicted molar refractivity (Wildman–Crippen MR) is 152 cm³/mol. The molecule has 0 unspecified atom stereocenters. The van der Waals surface area contributed by atoms with E-state index in [1.807, 2.05) is 57.2 Å². The van der Waals surface area contributed by atoms with Crippen molar-refractivity contribution in [1.29, 1.82) is 5.26 Å². The lowest BCUT2D eigenvalue weighted by atomic mass is 9.61. The number of hydrogen-bond acceptors (Lipinski definition) is 9. The Morgan fingerprint density at radius 1 is 1.15 bits per heavy atom. The van der Waals surface area contributed by atoms with E-state index in [0.29, 0.717) is 34.1 Å². The molecular formula is C29H26N6O2S2. The van der Waals surface area contributed by atoms with Crippen molar-refractivity contribution in [1.82, 2.24) is 10.2 Å². The summed E-state index contributed by atoms with van der Waals surface area (Å²) < 4.78 is 0.739. The normalized spacial score (nSPS) is 21.6. The van der Waals surface area contributed by atoms with Crippen LogP contribution in [0.2, 0.25) is 0 Å². The lowest BCUT2D eigenvalue weighted by Crippen LogP contribution is -2.52. The van der Waals surface area contributed by atoms with Crippen molar-refractivity contribution >= 4 is 45.6 Å². The average molecular weight is 555 g/mol. The van der Waals surface area contributed by atoms with Crippen molar-refractivity contribution in [2.75, 3.05) is 10.2 Å². The zero-order valence-corrected chi connectivity index (χ0v) is 23.4. The molecule has 2 aliphatic heterocycles. The Labute approximate surface area is 234 Å².